The molecule has 1 atom stereocenters. The zero-order valence-corrected chi connectivity index (χ0v) is 16.2. The minimum Gasteiger partial charge on any atom is -0.388 e. The molecule has 0 aliphatic heterocycles. The number of nitrogen functional groups attached to an aromatic ring is 1. The first-order valence-electron chi connectivity index (χ1n) is 10.6. The van der Waals surface area contributed by atoms with E-state index in [-0.39, 0.29) is 16.2 Å². The van der Waals surface area contributed by atoms with E-state index in [1.807, 2.05) is 42.5 Å². The van der Waals surface area contributed by atoms with Gasteiger partial charge < -0.3 is 16.2 Å². The minimum absolute atomic E-state index is 0.0531. The van der Waals surface area contributed by atoms with Crippen LogP contribution in [0, 0.1) is 0 Å². The first-order valence-corrected chi connectivity index (χ1v) is 9.96. The number of carbonyl (C=O) groups excluding carboxylic acids is 1. The van der Waals surface area contributed by atoms with E-state index in [0.29, 0.717) is 12.1 Å². The maximum Gasteiger partial charge on any atom is 0.230 e. The van der Waals surface area contributed by atoms with Crippen LogP contribution in [0.3, 0.4) is 0 Å². The fraction of sp³-hybridized carbons (Fsp3) is 0.273. The average molecular weight is 399 g/mol. The number of nitrogens with zero attached hydrogens (tertiary/aromatic N) is 1. The fourth-order valence-electron chi connectivity index (χ4n) is 2.84. The molecule has 1 amide bonds. The number of aryl methyl sites for hydroxylation is 1. The van der Waals surface area contributed by atoms with Gasteiger partial charge in [0.15, 0.2) is 5.13 Å². The van der Waals surface area contributed by atoms with Crippen molar-refractivity contribution in [2.45, 2.75) is 38.2 Å². The van der Waals surface area contributed by atoms with Gasteiger partial charge in [0.05, 0.1) is 19.5 Å². The number of anilines is 2. The maximum absolute atomic E-state index is 12.4. The van der Waals surface area contributed by atoms with E-state index in [1.165, 1.54) is 0 Å². The van der Waals surface area contributed by atoms with Gasteiger partial charge in [-0.15, -0.1) is 11.3 Å². The highest BCUT2D eigenvalue weighted by atomic mass is 32.1. The van der Waals surface area contributed by atoms with Gasteiger partial charge >= 0.3 is 0 Å². The molecule has 0 bridgehead atoms. The zero-order valence-electron chi connectivity index (χ0n) is 18.4. The van der Waals surface area contributed by atoms with Crippen molar-refractivity contribution in [3.05, 3.63) is 76.8 Å². The fourth-order valence-corrected chi connectivity index (χ4v) is 3.28. The third-order valence-electron chi connectivity index (χ3n) is 4.30. The van der Waals surface area contributed by atoms with Crippen LogP contribution in [0.1, 0.15) is 46.3 Å². The van der Waals surface area contributed by atoms with Crippen molar-refractivity contribution in [3.8, 4) is 0 Å². The highest BCUT2D eigenvalue weighted by Crippen LogP contribution is 2.20. The van der Waals surface area contributed by atoms with Crippen molar-refractivity contribution in [2.24, 2.45) is 0 Å². The Labute approximate surface area is 173 Å². The van der Waals surface area contributed by atoms with Crippen LogP contribution in [0.25, 0.3) is 0 Å². The second-order valence-electron chi connectivity index (χ2n) is 6.45. The van der Waals surface area contributed by atoms with Crippen LogP contribution in [0.4, 0.5) is 10.8 Å². The van der Waals surface area contributed by atoms with Gasteiger partial charge in [-0.3, -0.25) is 4.79 Å². The lowest BCUT2D eigenvalue weighted by molar-refractivity contribution is -0.115. The molecule has 0 radical (unpaired) electrons. The smallest absolute Gasteiger partial charge is 0.230 e. The molecule has 146 valence electrons. The van der Waals surface area contributed by atoms with Crippen LogP contribution >= 0.6 is 11.3 Å². The molecule has 0 aliphatic rings. The summed E-state index contributed by atoms with van der Waals surface area (Å²) in [6.07, 6.45) is 0.453. The van der Waals surface area contributed by atoms with Crippen molar-refractivity contribution >= 4 is 28.1 Å². The summed E-state index contributed by atoms with van der Waals surface area (Å²) < 4.78 is 23.8. The Balaban J connectivity index is 1.48. The SMILES string of the molecule is [2H]c1sc(N)nc1C([2H])([2H])C(=O)Nc1ccc(CCCC[C@H](O)c2ccccc2)cc1. The van der Waals surface area contributed by atoms with Crippen molar-refractivity contribution < 1.29 is 14.0 Å². The number of unbranched alkanes of at least 4 members (excludes halogenated alkanes) is 1. The number of hydrogen-bond donors (Lipinski definition) is 3. The third kappa shape index (κ3) is 6.18. The molecule has 5 nitrogen and oxygen atoms in total. The first kappa shape index (κ1) is 16.3. The van der Waals surface area contributed by atoms with E-state index < -0.39 is 18.4 Å². The van der Waals surface area contributed by atoms with Crippen LogP contribution < -0.4 is 11.1 Å². The molecule has 6 heteroatoms. The average Bonchev–Trinajstić information content (AvgIpc) is 3.11. The van der Waals surface area contributed by atoms with Crippen molar-refractivity contribution in [1.82, 2.24) is 4.98 Å². The number of aromatic nitrogens is 1. The summed E-state index contributed by atoms with van der Waals surface area (Å²) in [7, 11) is 0. The highest BCUT2D eigenvalue weighted by molar-refractivity contribution is 7.13. The number of thiazole rings is 1. The summed E-state index contributed by atoms with van der Waals surface area (Å²) in [5.74, 6) is -0.894. The highest BCUT2D eigenvalue weighted by Gasteiger charge is 2.08. The summed E-state index contributed by atoms with van der Waals surface area (Å²) in [6, 6.07) is 16.8. The van der Waals surface area contributed by atoms with Gasteiger partial charge in [0.25, 0.3) is 0 Å². The molecule has 0 spiro atoms. The minimum atomic E-state index is -2.45. The van der Waals surface area contributed by atoms with E-state index in [2.05, 4.69) is 10.3 Å². The third-order valence-corrected chi connectivity index (χ3v) is 4.89. The second kappa shape index (κ2) is 10.0. The van der Waals surface area contributed by atoms with E-state index >= 15 is 0 Å². The van der Waals surface area contributed by atoms with Crippen molar-refractivity contribution in [3.63, 3.8) is 0 Å². The molecule has 2 aromatic carbocycles. The van der Waals surface area contributed by atoms with Gasteiger partial charge in [0, 0.05) is 13.8 Å². The molecule has 0 aliphatic carbocycles. The van der Waals surface area contributed by atoms with Crippen LogP contribution in [-0.2, 0) is 17.6 Å². The van der Waals surface area contributed by atoms with Crippen LogP contribution in [0.15, 0.2) is 60.0 Å². The number of amides is 1. The zero-order chi connectivity index (χ0) is 22.4. The monoisotopic (exact) mass is 398 g/mol. The van der Waals surface area contributed by atoms with Gasteiger partial charge in [-0.05, 0) is 42.5 Å². The Morgan fingerprint density at radius 2 is 1.96 bits per heavy atom. The maximum atomic E-state index is 12.4. The Bertz CT molecular complexity index is 1010. The van der Waals surface area contributed by atoms with Gasteiger partial charge in [-0.2, -0.15) is 0 Å². The van der Waals surface area contributed by atoms with Crippen molar-refractivity contribution in [2.75, 3.05) is 11.1 Å². The number of benzene rings is 2. The molecule has 0 saturated heterocycles. The van der Waals surface area contributed by atoms with E-state index in [0.717, 1.165) is 41.7 Å². The molecule has 0 unspecified atom stereocenters. The van der Waals surface area contributed by atoms with E-state index in [1.54, 1.807) is 12.1 Å². The molecule has 4 N–H and O–H groups in total. The molecule has 3 aromatic rings. The summed E-state index contributed by atoms with van der Waals surface area (Å²) in [6.45, 7) is 0. The van der Waals surface area contributed by atoms with Gasteiger partial charge in [-0.25, -0.2) is 4.98 Å². The van der Waals surface area contributed by atoms with Gasteiger partial charge in [-0.1, -0.05) is 48.9 Å². The van der Waals surface area contributed by atoms with Crippen LogP contribution in [0.5, 0.6) is 0 Å². The second-order valence-corrected chi connectivity index (χ2v) is 7.28. The topological polar surface area (TPSA) is 88.2 Å². The largest absolute Gasteiger partial charge is 0.388 e. The number of carbonyl (C=O) groups is 1. The quantitative estimate of drug-likeness (QED) is 0.468. The Kier molecular flexibility index (Phi) is 5.82. The number of hydrogen-bond acceptors (Lipinski definition) is 5. The first-order chi connectivity index (χ1) is 14.8. The molecule has 0 fully saturated rings. The van der Waals surface area contributed by atoms with E-state index in [9.17, 15) is 9.90 Å². The van der Waals surface area contributed by atoms with E-state index in [4.69, 9.17) is 9.85 Å². The Hall–Kier alpha value is -2.70. The Morgan fingerprint density at radius 3 is 2.64 bits per heavy atom. The summed E-state index contributed by atoms with van der Waals surface area (Å²) in [5.41, 5.74) is 7.73. The molecule has 28 heavy (non-hydrogen) atoms. The number of nitrogens with two attached hydrogens (primary N) is 1. The summed E-state index contributed by atoms with van der Waals surface area (Å²) in [5, 5.41) is 12.6. The van der Waals surface area contributed by atoms with Gasteiger partial charge in [0.2, 0.25) is 5.91 Å². The standard InChI is InChI=1S/C22H25N3O2S/c23-22-25-19(15-28-22)14-21(27)24-18-12-10-16(11-13-18)6-4-5-9-20(26)17-7-2-1-3-8-17/h1-3,7-8,10-13,15,20,26H,4-6,9,14H2,(H2,23,25)(H,24,27)/t20-/m0/s1/i14D2,15D. The predicted molar refractivity (Wildman–Crippen MR) is 114 cm³/mol. The number of rotatable bonds is 9. The summed E-state index contributed by atoms with van der Waals surface area (Å²) >= 11 is 0.829. The molecule has 1 aromatic heterocycles. The number of aliphatic hydroxyl groups excluding tert-OH is 1. The molecule has 3 rings (SSSR count). The molecule has 0 saturated carbocycles. The Morgan fingerprint density at radius 1 is 1.21 bits per heavy atom. The van der Waals surface area contributed by atoms with Crippen LogP contribution in [-0.4, -0.2) is 16.0 Å². The number of aliphatic hydroxyl groups is 1. The lowest BCUT2D eigenvalue weighted by Gasteiger charge is -2.10. The van der Waals surface area contributed by atoms with Crippen molar-refractivity contribution in [1.29, 1.82) is 0 Å². The molecular formula is C22H25N3O2S. The number of nitrogens with one attached hydrogen (secondary N) is 1. The lowest BCUT2D eigenvalue weighted by atomic mass is 10.0. The molecule has 1 heterocycles. The lowest BCUT2D eigenvalue weighted by Crippen LogP contribution is -2.14. The van der Waals surface area contributed by atoms with Crippen LogP contribution in [0.2, 0.25) is 0 Å². The van der Waals surface area contributed by atoms with Gasteiger partial charge in [0.1, 0.15) is 0 Å². The normalized spacial score (nSPS) is 14.0. The molecular weight excluding hydrogens is 370 g/mol. The predicted octanol–water partition coefficient (Wildman–Crippen LogP) is 4.35. The summed E-state index contributed by atoms with van der Waals surface area (Å²) in [4.78, 5) is 16.2.